The Balaban J connectivity index is 3.18. The molecule has 0 aliphatic heterocycles. The fourth-order valence-corrected chi connectivity index (χ4v) is 6.11. The van der Waals surface area contributed by atoms with Gasteiger partial charge in [0.05, 0.1) is 12.4 Å². The van der Waals surface area contributed by atoms with Gasteiger partial charge < -0.3 is 74.3 Å². The number of H-pyrrole nitrogens is 1. The second kappa shape index (κ2) is 28.8. The van der Waals surface area contributed by atoms with Gasteiger partial charge in [0, 0.05) is 37.6 Å². The number of carbonyl (C=O) groups is 12. The number of rotatable bonds is 31. The maximum absolute atomic E-state index is 13.8. The van der Waals surface area contributed by atoms with Crippen molar-refractivity contribution in [3.8, 4) is 0 Å². The van der Waals surface area contributed by atoms with E-state index >= 15 is 0 Å². The first kappa shape index (κ1) is 58.8. The van der Waals surface area contributed by atoms with Crippen LogP contribution in [0.3, 0.4) is 0 Å². The van der Waals surface area contributed by atoms with Crippen molar-refractivity contribution in [1.82, 2.24) is 52.5 Å². The van der Waals surface area contributed by atoms with Crippen LogP contribution in [-0.4, -0.2) is 151 Å². The Bertz CT molecular complexity index is 1960. The molecular weight excluding hydrogens is 901 g/mol. The molecule has 0 bridgehead atoms. The number of carboxylic acids is 3. The number of hydrogen-bond acceptors (Lipinski definition) is 14. The van der Waals surface area contributed by atoms with Gasteiger partial charge in [-0.05, 0) is 58.3 Å². The monoisotopic (exact) mass is 966 g/mol. The minimum Gasteiger partial charge on any atom is -0.481 e. The third-order valence-corrected chi connectivity index (χ3v) is 10.0. The van der Waals surface area contributed by atoms with Crippen molar-refractivity contribution in [2.45, 2.75) is 154 Å². The van der Waals surface area contributed by atoms with E-state index in [1.165, 1.54) is 33.3 Å². The molecule has 0 spiro atoms. The van der Waals surface area contributed by atoms with Crippen LogP contribution in [0.25, 0.3) is 0 Å². The zero-order chi connectivity index (χ0) is 52.0. The van der Waals surface area contributed by atoms with E-state index in [0.717, 1.165) is 0 Å². The second-order valence-electron chi connectivity index (χ2n) is 16.9. The summed E-state index contributed by atoms with van der Waals surface area (Å²) in [6.07, 6.45) is -0.0221. The summed E-state index contributed by atoms with van der Waals surface area (Å²) in [7, 11) is 0. The summed E-state index contributed by atoms with van der Waals surface area (Å²) in [5.41, 5.74) is 11.3. The number of carboxylic acid groups (broad SMARTS) is 3. The van der Waals surface area contributed by atoms with Gasteiger partial charge in [-0.2, -0.15) is 0 Å². The number of amides is 9. The topological polar surface area (TPSA) is 442 Å². The van der Waals surface area contributed by atoms with Gasteiger partial charge >= 0.3 is 17.9 Å². The summed E-state index contributed by atoms with van der Waals surface area (Å²) in [6.45, 7) is 10.4. The molecule has 27 heteroatoms. The SMILES string of the molecule is CC(C)C[C@H](NC(=O)[C@H](CCC(N)=O)NC(=O)[C@H](CCC(=O)O)NC(=O)[C@H](C)NC(=O)[C@@H](NC(=O)[C@H](Cc1cnc[nH]1)NC(=O)[C@H](C)NC(=O)[C@H](C)NC(=O)[C@@H](N)CCC(=O)O)C(C)C)C(=O)O. The molecule has 0 saturated carbocycles. The number of hydrogen-bond donors (Lipinski definition) is 14. The summed E-state index contributed by atoms with van der Waals surface area (Å²) >= 11 is 0. The van der Waals surface area contributed by atoms with Crippen molar-refractivity contribution < 1.29 is 72.9 Å². The van der Waals surface area contributed by atoms with Crippen molar-refractivity contribution >= 4 is 71.1 Å². The van der Waals surface area contributed by atoms with Crippen molar-refractivity contribution in [2.75, 3.05) is 0 Å². The van der Waals surface area contributed by atoms with E-state index in [0.29, 0.717) is 5.69 Å². The Morgan fingerprint density at radius 2 is 0.971 bits per heavy atom. The molecular formula is C41H66N12O15. The minimum atomic E-state index is -1.64. The maximum Gasteiger partial charge on any atom is 0.326 e. The lowest BCUT2D eigenvalue weighted by Crippen LogP contribution is -2.60. The van der Waals surface area contributed by atoms with Crippen LogP contribution in [0, 0.1) is 11.8 Å². The molecule has 0 fully saturated rings. The molecule has 0 unspecified atom stereocenters. The van der Waals surface area contributed by atoms with Gasteiger partial charge in [-0.3, -0.25) is 52.7 Å². The number of aliphatic carboxylic acids is 3. The minimum absolute atomic E-state index is 0.0188. The van der Waals surface area contributed by atoms with Gasteiger partial charge in [0.15, 0.2) is 0 Å². The molecule has 1 aromatic rings. The molecule has 1 heterocycles. The summed E-state index contributed by atoms with van der Waals surface area (Å²) < 4.78 is 0. The highest BCUT2D eigenvalue weighted by atomic mass is 16.4. The molecule has 16 N–H and O–H groups in total. The van der Waals surface area contributed by atoms with Crippen LogP contribution < -0.4 is 54.0 Å². The fraction of sp³-hybridized carbons (Fsp3) is 0.634. The molecule has 0 saturated heterocycles. The van der Waals surface area contributed by atoms with E-state index in [1.807, 2.05) is 0 Å². The number of primary amides is 1. The molecule has 0 aliphatic rings. The van der Waals surface area contributed by atoms with Gasteiger partial charge in [-0.25, -0.2) is 9.78 Å². The fourth-order valence-electron chi connectivity index (χ4n) is 6.11. The quantitative estimate of drug-likeness (QED) is 0.0337. The van der Waals surface area contributed by atoms with Crippen LogP contribution in [0.4, 0.5) is 0 Å². The Morgan fingerprint density at radius 3 is 1.43 bits per heavy atom. The third-order valence-electron chi connectivity index (χ3n) is 10.0. The van der Waals surface area contributed by atoms with Crippen LogP contribution in [0.2, 0.25) is 0 Å². The van der Waals surface area contributed by atoms with E-state index < -0.39 is 151 Å². The molecule has 1 rings (SSSR count). The average molecular weight is 967 g/mol. The summed E-state index contributed by atoms with van der Waals surface area (Å²) in [6, 6.07) is -12.5. The number of nitrogens with two attached hydrogens (primary N) is 2. The average Bonchev–Trinajstić information content (AvgIpc) is 3.76. The Kier molecular flexibility index (Phi) is 24.9. The van der Waals surface area contributed by atoms with Gasteiger partial charge in [0.25, 0.3) is 0 Å². The predicted octanol–water partition coefficient (Wildman–Crippen LogP) is -4.00. The van der Waals surface area contributed by atoms with Gasteiger partial charge in [0.2, 0.25) is 53.2 Å². The van der Waals surface area contributed by atoms with Crippen molar-refractivity contribution in [3.63, 3.8) is 0 Å². The normalized spacial score (nSPS) is 15.0. The molecule has 9 atom stereocenters. The van der Waals surface area contributed by atoms with E-state index in [1.54, 1.807) is 27.7 Å². The Hall–Kier alpha value is -7.19. The highest BCUT2D eigenvalue weighted by molar-refractivity contribution is 5.98. The van der Waals surface area contributed by atoms with E-state index in [2.05, 4.69) is 52.5 Å². The van der Waals surface area contributed by atoms with Crippen LogP contribution in [0.5, 0.6) is 0 Å². The molecule has 27 nitrogen and oxygen atoms in total. The first-order valence-corrected chi connectivity index (χ1v) is 21.7. The highest BCUT2D eigenvalue weighted by Gasteiger charge is 2.35. The van der Waals surface area contributed by atoms with Crippen LogP contribution >= 0.6 is 0 Å². The first-order valence-electron chi connectivity index (χ1n) is 21.7. The van der Waals surface area contributed by atoms with Gasteiger partial charge in [-0.1, -0.05) is 27.7 Å². The van der Waals surface area contributed by atoms with Gasteiger partial charge in [0.1, 0.15) is 48.3 Å². The predicted molar refractivity (Wildman–Crippen MR) is 237 cm³/mol. The van der Waals surface area contributed by atoms with Crippen LogP contribution in [0.15, 0.2) is 12.5 Å². The molecule has 0 aliphatic carbocycles. The van der Waals surface area contributed by atoms with Crippen molar-refractivity contribution in [1.29, 1.82) is 0 Å². The smallest absolute Gasteiger partial charge is 0.326 e. The van der Waals surface area contributed by atoms with Crippen LogP contribution in [0.1, 0.15) is 99.1 Å². The number of aromatic amines is 1. The molecule has 68 heavy (non-hydrogen) atoms. The summed E-state index contributed by atoms with van der Waals surface area (Å²) in [5, 5.41) is 47.0. The van der Waals surface area contributed by atoms with Crippen molar-refractivity contribution in [2.24, 2.45) is 23.3 Å². The highest BCUT2D eigenvalue weighted by Crippen LogP contribution is 2.10. The van der Waals surface area contributed by atoms with Crippen LogP contribution in [-0.2, 0) is 64.0 Å². The van der Waals surface area contributed by atoms with E-state index in [-0.39, 0.29) is 38.0 Å². The number of imidazole rings is 1. The van der Waals surface area contributed by atoms with Gasteiger partial charge in [-0.15, -0.1) is 0 Å². The number of nitrogens with zero attached hydrogens (tertiary/aromatic N) is 1. The standard InChI is InChI=1S/C41H66N12O15/c1-18(2)14-28(41(67)68)52-38(64)25(9-11-29(43)54)50-37(63)26(10-13-31(57)58)49-34(60)22(7)48-40(66)32(19(3)4)53-39(65)27(15-23-16-44-17-45-23)51-35(61)21(6)46-33(59)20(5)47-36(62)24(42)8-12-30(55)56/h16-22,24-28,32H,8-15,42H2,1-7H3,(H2,43,54)(H,44,45)(H,46,59)(H,47,62)(H,48,66)(H,49,60)(H,50,63)(H,51,61)(H,52,64)(H,53,65)(H,55,56)(H,57,58)(H,67,68)/t20-,21-,22-,24-,25-,26-,27-,28-,32-/m0/s1. The molecule has 1 aromatic heterocycles. The zero-order valence-corrected chi connectivity index (χ0v) is 39.0. The summed E-state index contributed by atoms with van der Waals surface area (Å²) in [4.78, 5) is 159. The summed E-state index contributed by atoms with van der Waals surface area (Å²) in [5.74, 6) is -12.9. The lowest BCUT2D eigenvalue weighted by molar-refractivity contribution is -0.143. The van der Waals surface area contributed by atoms with Crippen molar-refractivity contribution in [3.05, 3.63) is 18.2 Å². The molecule has 0 radical (unpaired) electrons. The molecule has 9 amide bonds. The lowest BCUT2D eigenvalue weighted by atomic mass is 10.0. The molecule has 380 valence electrons. The zero-order valence-electron chi connectivity index (χ0n) is 39.0. The van der Waals surface area contributed by atoms with E-state index in [4.69, 9.17) is 16.6 Å². The second-order valence-corrected chi connectivity index (χ2v) is 16.9. The lowest BCUT2D eigenvalue weighted by Gasteiger charge is -2.28. The third kappa shape index (κ3) is 21.9. The number of aromatic nitrogens is 2. The number of carbonyl (C=O) groups excluding carboxylic acids is 9. The maximum atomic E-state index is 13.8. The largest absolute Gasteiger partial charge is 0.481 e. The Morgan fingerprint density at radius 1 is 0.544 bits per heavy atom. The number of nitrogens with one attached hydrogen (secondary N) is 9. The Labute approximate surface area is 391 Å². The molecule has 0 aromatic carbocycles. The van der Waals surface area contributed by atoms with E-state index in [9.17, 15) is 67.7 Å². The first-order chi connectivity index (χ1) is 31.6.